The lowest BCUT2D eigenvalue weighted by Gasteiger charge is -2.34. The highest BCUT2D eigenvalue weighted by Crippen LogP contribution is 2.15. The zero-order valence-electron chi connectivity index (χ0n) is 6.57. The number of aliphatic hydroxyl groups excluding tert-OH is 3. The van der Waals surface area contributed by atoms with Gasteiger partial charge in [0.25, 0.3) is 0 Å². The minimum atomic E-state index is -0.795. The Morgan fingerprint density at radius 1 is 1.36 bits per heavy atom. The number of hydrogen-bond acceptors (Lipinski definition) is 4. The Morgan fingerprint density at radius 3 is 2.45 bits per heavy atom. The third-order valence-electron chi connectivity index (χ3n) is 2.19. The van der Waals surface area contributed by atoms with Gasteiger partial charge in [0.1, 0.15) is 0 Å². The molecule has 4 heteroatoms. The summed E-state index contributed by atoms with van der Waals surface area (Å²) < 4.78 is 0. The van der Waals surface area contributed by atoms with Crippen molar-refractivity contribution in [3.05, 3.63) is 0 Å². The topological polar surface area (TPSA) is 72.7 Å². The van der Waals surface area contributed by atoms with Crippen molar-refractivity contribution in [1.29, 1.82) is 0 Å². The van der Waals surface area contributed by atoms with E-state index in [2.05, 4.69) is 5.32 Å². The number of nitrogens with one attached hydrogen (secondary N) is 1. The molecule has 1 heterocycles. The third kappa shape index (κ3) is 1.90. The Balaban J connectivity index is 2.51. The van der Waals surface area contributed by atoms with E-state index in [0.29, 0.717) is 13.1 Å². The molecule has 66 valence electrons. The molecule has 1 aliphatic rings. The highest BCUT2D eigenvalue weighted by atomic mass is 16.3. The molecule has 0 bridgehead atoms. The second-order valence-electron chi connectivity index (χ2n) is 3.12. The lowest BCUT2D eigenvalue weighted by atomic mass is 9.90. The van der Waals surface area contributed by atoms with Crippen LogP contribution in [0, 0.1) is 5.92 Å². The first-order valence-electron chi connectivity index (χ1n) is 3.88. The lowest BCUT2D eigenvalue weighted by Crippen LogP contribution is -2.53. The molecule has 11 heavy (non-hydrogen) atoms. The Morgan fingerprint density at radius 2 is 2.00 bits per heavy atom. The largest absolute Gasteiger partial charge is 0.393 e. The van der Waals surface area contributed by atoms with E-state index in [0.717, 1.165) is 0 Å². The van der Waals surface area contributed by atoms with Crippen LogP contribution < -0.4 is 5.32 Å². The lowest BCUT2D eigenvalue weighted by molar-refractivity contribution is -0.0693. The molecule has 1 saturated heterocycles. The molecule has 0 saturated carbocycles. The average molecular weight is 161 g/mol. The van der Waals surface area contributed by atoms with Gasteiger partial charge in [-0.1, -0.05) is 0 Å². The first-order chi connectivity index (χ1) is 5.13. The van der Waals surface area contributed by atoms with Gasteiger partial charge in [-0.15, -0.1) is 0 Å². The maximum Gasteiger partial charge on any atom is 0.0927 e. The summed E-state index contributed by atoms with van der Waals surface area (Å²) in [6.07, 6.45) is -2.12. The molecule has 4 nitrogen and oxygen atoms in total. The quantitative estimate of drug-likeness (QED) is 0.370. The molecule has 0 aliphatic carbocycles. The summed E-state index contributed by atoms with van der Waals surface area (Å²) in [6, 6.07) is 0. The molecule has 1 aliphatic heterocycles. The van der Waals surface area contributed by atoms with E-state index in [-0.39, 0.29) is 5.92 Å². The number of piperidine rings is 1. The first kappa shape index (κ1) is 8.93. The monoisotopic (exact) mass is 161 g/mol. The summed E-state index contributed by atoms with van der Waals surface area (Å²) in [5.74, 6) is -0.251. The van der Waals surface area contributed by atoms with Crippen LogP contribution in [0.2, 0.25) is 0 Å². The van der Waals surface area contributed by atoms with E-state index in [1.807, 2.05) is 0 Å². The maximum absolute atomic E-state index is 9.36. The summed E-state index contributed by atoms with van der Waals surface area (Å²) >= 11 is 0. The van der Waals surface area contributed by atoms with Crippen LogP contribution in [0.25, 0.3) is 0 Å². The van der Waals surface area contributed by atoms with E-state index in [1.165, 1.54) is 0 Å². The molecule has 4 atom stereocenters. The zero-order chi connectivity index (χ0) is 8.43. The van der Waals surface area contributed by atoms with Gasteiger partial charge in [0.2, 0.25) is 0 Å². The second kappa shape index (κ2) is 3.49. The predicted molar refractivity (Wildman–Crippen MR) is 40.1 cm³/mol. The second-order valence-corrected chi connectivity index (χ2v) is 3.12. The number of hydrogen-bond donors (Lipinski definition) is 4. The third-order valence-corrected chi connectivity index (χ3v) is 2.19. The Hall–Kier alpha value is -0.160. The number of rotatable bonds is 1. The van der Waals surface area contributed by atoms with Crippen LogP contribution in [-0.2, 0) is 0 Å². The Bertz CT molecular complexity index is 129. The Labute approximate surface area is 65.9 Å². The van der Waals surface area contributed by atoms with E-state index in [1.54, 1.807) is 6.92 Å². The normalized spacial score (nSPS) is 42.0. The van der Waals surface area contributed by atoms with E-state index in [9.17, 15) is 10.2 Å². The Kier molecular flexibility index (Phi) is 2.84. The van der Waals surface area contributed by atoms with Gasteiger partial charge in [-0.25, -0.2) is 0 Å². The van der Waals surface area contributed by atoms with Crippen molar-refractivity contribution in [2.45, 2.75) is 25.2 Å². The van der Waals surface area contributed by atoms with Gasteiger partial charge in [0.05, 0.1) is 18.3 Å². The molecule has 0 radical (unpaired) electrons. The fourth-order valence-corrected chi connectivity index (χ4v) is 1.38. The molecule has 0 aromatic heterocycles. The van der Waals surface area contributed by atoms with Crippen LogP contribution in [0.4, 0.5) is 0 Å². The highest BCUT2D eigenvalue weighted by Gasteiger charge is 2.32. The molecule has 1 unspecified atom stereocenters. The van der Waals surface area contributed by atoms with E-state index in [4.69, 9.17) is 5.11 Å². The summed E-state index contributed by atoms with van der Waals surface area (Å²) in [5, 5.41) is 30.6. The van der Waals surface area contributed by atoms with Gasteiger partial charge < -0.3 is 20.6 Å². The predicted octanol–water partition coefficient (Wildman–Crippen LogP) is -1.69. The van der Waals surface area contributed by atoms with Crippen LogP contribution >= 0.6 is 0 Å². The zero-order valence-corrected chi connectivity index (χ0v) is 6.57. The minimum Gasteiger partial charge on any atom is -0.393 e. The maximum atomic E-state index is 9.36. The van der Waals surface area contributed by atoms with E-state index >= 15 is 0 Å². The van der Waals surface area contributed by atoms with Crippen molar-refractivity contribution < 1.29 is 15.3 Å². The summed E-state index contributed by atoms with van der Waals surface area (Å²) in [5.41, 5.74) is 0. The molecule has 0 aromatic carbocycles. The summed E-state index contributed by atoms with van der Waals surface area (Å²) in [7, 11) is 0. The van der Waals surface area contributed by atoms with Crippen molar-refractivity contribution in [2.75, 3.05) is 13.1 Å². The molecule has 4 N–H and O–H groups in total. The summed E-state index contributed by atoms with van der Waals surface area (Å²) in [4.78, 5) is 0. The van der Waals surface area contributed by atoms with Crippen LogP contribution in [0.15, 0.2) is 0 Å². The van der Waals surface area contributed by atoms with Gasteiger partial charge in [-0.05, 0) is 6.92 Å². The fourth-order valence-electron chi connectivity index (χ4n) is 1.38. The highest BCUT2D eigenvalue weighted by molar-refractivity contribution is 4.86. The van der Waals surface area contributed by atoms with Gasteiger partial charge in [-0.3, -0.25) is 0 Å². The van der Waals surface area contributed by atoms with Crippen molar-refractivity contribution >= 4 is 0 Å². The number of β-amino-alcohol motifs (C(OH)–C–C–N with tert-alkyl or cyclic N) is 1. The molecule has 1 fully saturated rings. The molecule has 0 aromatic rings. The van der Waals surface area contributed by atoms with E-state index < -0.39 is 18.3 Å². The first-order valence-corrected chi connectivity index (χ1v) is 3.88. The van der Waals surface area contributed by atoms with Crippen LogP contribution in [0.5, 0.6) is 0 Å². The standard InChI is InChI=1S/C7H15NO3/c1-4(9)5-2-8-3-6(10)7(5)11/h4-11H,2-3H2,1H3/t4-,5?,6+,7+/m0/s1. The summed E-state index contributed by atoms with van der Waals surface area (Å²) in [6.45, 7) is 2.59. The molecule has 0 amide bonds. The fraction of sp³-hybridized carbons (Fsp3) is 1.00. The molecular weight excluding hydrogens is 146 g/mol. The number of aliphatic hydroxyl groups is 3. The van der Waals surface area contributed by atoms with Crippen molar-refractivity contribution in [1.82, 2.24) is 5.32 Å². The van der Waals surface area contributed by atoms with Gasteiger partial charge in [-0.2, -0.15) is 0 Å². The van der Waals surface area contributed by atoms with Crippen LogP contribution in [0.1, 0.15) is 6.92 Å². The molecule has 1 rings (SSSR count). The van der Waals surface area contributed by atoms with Crippen LogP contribution in [-0.4, -0.2) is 46.7 Å². The van der Waals surface area contributed by atoms with Gasteiger partial charge >= 0.3 is 0 Å². The minimum absolute atomic E-state index is 0.251. The van der Waals surface area contributed by atoms with Crippen molar-refractivity contribution in [3.8, 4) is 0 Å². The van der Waals surface area contributed by atoms with Gasteiger partial charge in [0, 0.05) is 19.0 Å². The molecule has 0 spiro atoms. The van der Waals surface area contributed by atoms with Gasteiger partial charge in [0.15, 0.2) is 0 Å². The average Bonchev–Trinajstić information content (AvgIpc) is 1.94. The van der Waals surface area contributed by atoms with Crippen molar-refractivity contribution in [2.24, 2.45) is 5.92 Å². The van der Waals surface area contributed by atoms with Crippen LogP contribution in [0.3, 0.4) is 0 Å². The molecular formula is C7H15NO3. The van der Waals surface area contributed by atoms with Crippen molar-refractivity contribution in [3.63, 3.8) is 0 Å². The smallest absolute Gasteiger partial charge is 0.0927 e. The SMILES string of the molecule is C[C@H](O)C1CNC[C@@H](O)[C@@H]1O.